The number of hydrogen-bond acceptors (Lipinski definition) is 3. The van der Waals surface area contributed by atoms with E-state index in [1.165, 1.54) is 0 Å². The molecule has 0 aliphatic carbocycles. The van der Waals surface area contributed by atoms with Gasteiger partial charge < -0.3 is 9.52 Å². The highest BCUT2D eigenvalue weighted by atomic mass is 35.5. The molecular weight excluding hydrogens is 358 g/mol. The van der Waals surface area contributed by atoms with Crippen LogP contribution < -0.4 is 0 Å². The highest BCUT2D eigenvalue weighted by Gasteiger charge is 2.18. The van der Waals surface area contributed by atoms with Gasteiger partial charge >= 0.3 is 0 Å². The van der Waals surface area contributed by atoms with Crippen molar-refractivity contribution in [3.05, 3.63) is 83.9 Å². The Balaban J connectivity index is 1.91. The molecule has 5 rings (SSSR count). The number of aromatic hydroxyl groups is 1. The van der Waals surface area contributed by atoms with Gasteiger partial charge in [0.1, 0.15) is 16.8 Å². The Morgan fingerprint density at radius 3 is 2.48 bits per heavy atom. The molecule has 3 nitrogen and oxygen atoms in total. The van der Waals surface area contributed by atoms with E-state index < -0.39 is 0 Å². The molecule has 0 atom stereocenters. The van der Waals surface area contributed by atoms with Gasteiger partial charge in [-0.15, -0.1) is 0 Å². The van der Waals surface area contributed by atoms with Crippen molar-refractivity contribution in [2.75, 3.05) is 0 Å². The molecule has 0 aliphatic rings. The van der Waals surface area contributed by atoms with Crippen LogP contribution in [-0.4, -0.2) is 10.1 Å². The molecule has 0 spiro atoms. The Kier molecular flexibility index (Phi) is 3.62. The van der Waals surface area contributed by atoms with E-state index in [0.29, 0.717) is 16.2 Å². The summed E-state index contributed by atoms with van der Waals surface area (Å²) in [5.41, 5.74) is 5.36. The van der Waals surface area contributed by atoms with Crippen molar-refractivity contribution < 1.29 is 9.52 Å². The molecule has 3 aromatic carbocycles. The Bertz CT molecular complexity index is 1310. The van der Waals surface area contributed by atoms with Crippen LogP contribution in [0.1, 0.15) is 0 Å². The van der Waals surface area contributed by atoms with Crippen LogP contribution in [0.3, 0.4) is 0 Å². The lowest BCUT2D eigenvalue weighted by molar-refractivity contribution is 0.477. The third-order valence-electron chi connectivity index (χ3n) is 4.64. The predicted molar refractivity (Wildman–Crippen MR) is 109 cm³/mol. The quantitative estimate of drug-likeness (QED) is 0.376. The van der Waals surface area contributed by atoms with Crippen LogP contribution in [0.25, 0.3) is 44.5 Å². The fourth-order valence-corrected chi connectivity index (χ4v) is 3.57. The monoisotopic (exact) mass is 371 g/mol. The summed E-state index contributed by atoms with van der Waals surface area (Å²) in [6.45, 7) is 0. The van der Waals surface area contributed by atoms with Crippen LogP contribution in [0.15, 0.2) is 83.3 Å². The first kappa shape index (κ1) is 15.9. The van der Waals surface area contributed by atoms with Crippen LogP contribution in [-0.2, 0) is 0 Å². The number of para-hydroxylation sites is 2. The largest absolute Gasteiger partial charge is 0.507 e. The van der Waals surface area contributed by atoms with Gasteiger partial charge in [-0.05, 0) is 36.4 Å². The molecule has 0 aliphatic heterocycles. The van der Waals surface area contributed by atoms with Crippen LogP contribution in [0.4, 0.5) is 0 Å². The number of nitrogens with zero attached hydrogens (tertiary/aromatic N) is 1. The van der Waals surface area contributed by atoms with Crippen LogP contribution in [0.5, 0.6) is 5.75 Å². The summed E-state index contributed by atoms with van der Waals surface area (Å²) in [6, 6.07) is 24.6. The Labute approximate surface area is 160 Å². The second-order valence-corrected chi connectivity index (χ2v) is 6.79. The fourth-order valence-electron chi connectivity index (χ4n) is 3.38. The SMILES string of the molecule is Oc1ccccc1-c1cc(-c2cccc(Cl)c2)nc2c1oc1ccccc12. The van der Waals surface area contributed by atoms with Gasteiger partial charge in [0.15, 0.2) is 5.58 Å². The Morgan fingerprint density at radius 2 is 1.63 bits per heavy atom. The highest BCUT2D eigenvalue weighted by Crippen LogP contribution is 2.40. The Hall–Kier alpha value is -3.30. The van der Waals surface area contributed by atoms with Crippen molar-refractivity contribution in [2.45, 2.75) is 0 Å². The van der Waals surface area contributed by atoms with E-state index in [4.69, 9.17) is 21.0 Å². The summed E-state index contributed by atoms with van der Waals surface area (Å²) in [5.74, 6) is 0.197. The maximum atomic E-state index is 10.4. The summed E-state index contributed by atoms with van der Waals surface area (Å²) in [5, 5.41) is 12.0. The third kappa shape index (κ3) is 2.64. The molecule has 1 N–H and O–H groups in total. The topological polar surface area (TPSA) is 46.3 Å². The molecule has 2 heterocycles. The number of aromatic nitrogens is 1. The average Bonchev–Trinajstić information content (AvgIpc) is 3.06. The van der Waals surface area contributed by atoms with Gasteiger partial charge in [-0.2, -0.15) is 0 Å². The predicted octanol–water partition coefficient (Wildman–Crippen LogP) is 6.67. The van der Waals surface area contributed by atoms with Crippen molar-refractivity contribution >= 4 is 33.7 Å². The maximum absolute atomic E-state index is 10.4. The maximum Gasteiger partial charge on any atom is 0.161 e. The summed E-state index contributed by atoms with van der Waals surface area (Å²) < 4.78 is 6.11. The lowest BCUT2D eigenvalue weighted by Crippen LogP contribution is -1.88. The van der Waals surface area contributed by atoms with Gasteiger partial charge in [-0.25, -0.2) is 4.98 Å². The highest BCUT2D eigenvalue weighted by molar-refractivity contribution is 6.30. The minimum atomic E-state index is 0.197. The van der Waals surface area contributed by atoms with Gasteiger partial charge in [0.05, 0.1) is 5.69 Å². The molecule has 27 heavy (non-hydrogen) atoms. The van der Waals surface area contributed by atoms with Gasteiger partial charge in [-0.3, -0.25) is 0 Å². The number of pyridine rings is 1. The summed E-state index contributed by atoms with van der Waals surface area (Å²) in [7, 11) is 0. The molecule has 0 fully saturated rings. The van der Waals surface area contributed by atoms with Crippen LogP contribution in [0.2, 0.25) is 5.02 Å². The Morgan fingerprint density at radius 1 is 0.815 bits per heavy atom. The molecule has 0 unspecified atom stereocenters. The van der Waals surface area contributed by atoms with Gasteiger partial charge in [0.2, 0.25) is 0 Å². The summed E-state index contributed by atoms with van der Waals surface area (Å²) in [6.07, 6.45) is 0. The van der Waals surface area contributed by atoms with Crippen molar-refractivity contribution in [3.8, 4) is 28.1 Å². The van der Waals surface area contributed by atoms with Crippen molar-refractivity contribution in [1.82, 2.24) is 4.98 Å². The zero-order valence-electron chi connectivity index (χ0n) is 14.2. The summed E-state index contributed by atoms with van der Waals surface area (Å²) >= 11 is 6.18. The number of fused-ring (bicyclic) bond motifs is 3. The van der Waals surface area contributed by atoms with Gasteiger partial charge in [-0.1, -0.05) is 54.1 Å². The van der Waals surface area contributed by atoms with Gasteiger partial charge in [0.25, 0.3) is 0 Å². The number of benzene rings is 3. The average molecular weight is 372 g/mol. The van der Waals surface area contributed by atoms with Gasteiger partial charge in [0, 0.05) is 27.1 Å². The van der Waals surface area contributed by atoms with E-state index in [9.17, 15) is 5.11 Å². The zero-order chi connectivity index (χ0) is 18.4. The normalized spacial score (nSPS) is 11.3. The summed E-state index contributed by atoms with van der Waals surface area (Å²) in [4.78, 5) is 4.86. The smallest absolute Gasteiger partial charge is 0.161 e. The second kappa shape index (κ2) is 6.15. The molecule has 0 amide bonds. The van der Waals surface area contributed by atoms with E-state index in [2.05, 4.69) is 0 Å². The molecule has 4 heteroatoms. The van der Waals surface area contributed by atoms with Crippen molar-refractivity contribution in [1.29, 1.82) is 0 Å². The fraction of sp³-hybridized carbons (Fsp3) is 0. The molecule has 5 aromatic rings. The van der Waals surface area contributed by atoms with E-state index in [1.54, 1.807) is 12.1 Å². The number of rotatable bonds is 2. The standard InChI is InChI=1S/C23H14ClNO2/c24-15-7-5-6-14(12-15)19-13-18(16-8-1-3-10-20(16)26)23-22(25-19)17-9-2-4-11-21(17)27-23/h1-13,26H. The van der Waals surface area contributed by atoms with E-state index >= 15 is 0 Å². The molecular formula is C23H14ClNO2. The van der Waals surface area contributed by atoms with E-state index in [-0.39, 0.29) is 5.75 Å². The number of phenolic OH excluding ortho intramolecular Hbond substituents is 1. The van der Waals surface area contributed by atoms with Crippen molar-refractivity contribution in [3.63, 3.8) is 0 Å². The first-order valence-corrected chi connectivity index (χ1v) is 8.95. The third-order valence-corrected chi connectivity index (χ3v) is 4.88. The molecule has 130 valence electrons. The van der Waals surface area contributed by atoms with E-state index in [1.807, 2.05) is 66.7 Å². The number of halogens is 1. The number of furan rings is 1. The van der Waals surface area contributed by atoms with Crippen LogP contribution >= 0.6 is 11.6 Å². The molecule has 2 aromatic heterocycles. The molecule has 0 radical (unpaired) electrons. The minimum absolute atomic E-state index is 0.197. The lowest BCUT2D eigenvalue weighted by Gasteiger charge is -2.09. The first-order valence-electron chi connectivity index (χ1n) is 8.57. The first-order chi connectivity index (χ1) is 13.2. The minimum Gasteiger partial charge on any atom is -0.507 e. The number of hydrogen-bond donors (Lipinski definition) is 1. The second-order valence-electron chi connectivity index (χ2n) is 6.36. The molecule has 0 saturated heterocycles. The van der Waals surface area contributed by atoms with Crippen molar-refractivity contribution in [2.24, 2.45) is 0 Å². The zero-order valence-corrected chi connectivity index (χ0v) is 14.9. The number of phenols is 1. The van der Waals surface area contributed by atoms with E-state index in [0.717, 1.165) is 33.3 Å². The van der Waals surface area contributed by atoms with Crippen LogP contribution in [0, 0.1) is 0 Å². The lowest BCUT2D eigenvalue weighted by atomic mass is 10.0. The molecule has 0 saturated carbocycles. The molecule has 0 bridgehead atoms.